The fourth-order valence-corrected chi connectivity index (χ4v) is 5.77. The minimum atomic E-state index is -0.630. The second-order valence-electron chi connectivity index (χ2n) is 11.0. The number of esters is 1. The second kappa shape index (κ2) is 9.00. The van der Waals surface area contributed by atoms with Crippen molar-refractivity contribution < 1.29 is 18.7 Å². The molecular weight excluding hydrogens is 495 g/mol. The van der Waals surface area contributed by atoms with Gasteiger partial charge in [0.25, 0.3) is 5.91 Å². The molecule has 7 rings (SSSR count). The molecule has 1 atom stereocenters. The van der Waals surface area contributed by atoms with Crippen LogP contribution in [0.5, 0.6) is 5.75 Å². The van der Waals surface area contributed by atoms with E-state index in [9.17, 15) is 9.59 Å². The van der Waals surface area contributed by atoms with Crippen LogP contribution in [0.1, 0.15) is 71.7 Å². The first-order chi connectivity index (χ1) is 18.9. The number of pyridine rings is 1. The number of hydrogen-bond acceptors (Lipinski definition) is 5. The summed E-state index contributed by atoms with van der Waals surface area (Å²) in [6, 6.07) is 14.9. The Morgan fingerprint density at radius 2 is 1.79 bits per heavy atom. The molecule has 198 valence electrons. The van der Waals surface area contributed by atoms with Gasteiger partial charge in [0, 0.05) is 13.6 Å². The second-order valence-corrected chi connectivity index (χ2v) is 11.0. The van der Waals surface area contributed by atoms with E-state index in [1.165, 1.54) is 17.2 Å². The first-order valence-corrected chi connectivity index (χ1v) is 13.7. The van der Waals surface area contributed by atoms with Gasteiger partial charge in [0.15, 0.2) is 17.2 Å². The highest BCUT2D eigenvalue weighted by Gasteiger charge is 2.34. The summed E-state index contributed by atoms with van der Waals surface area (Å²) in [5, 5.41) is 0. The van der Waals surface area contributed by atoms with Crippen molar-refractivity contribution in [2.24, 2.45) is 13.0 Å². The van der Waals surface area contributed by atoms with Crippen molar-refractivity contribution in [3.8, 4) is 17.1 Å². The van der Waals surface area contributed by atoms with Gasteiger partial charge < -0.3 is 14.2 Å². The van der Waals surface area contributed by atoms with Crippen LogP contribution in [-0.2, 0) is 18.3 Å². The van der Waals surface area contributed by atoms with E-state index >= 15 is 4.39 Å². The maximum atomic E-state index is 15.6. The predicted molar refractivity (Wildman–Crippen MR) is 144 cm³/mol. The number of hydrogen-bond donors (Lipinski definition) is 0. The lowest BCUT2D eigenvalue weighted by atomic mass is 9.93. The molecule has 2 aromatic carbocycles. The zero-order valence-corrected chi connectivity index (χ0v) is 22.0. The van der Waals surface area contributed by atoms with Crippen molar-refractivity contribution in [1.29, 1.82) is 0 Å². The molecular formula is C31H29FN4O3. The van der Waals surface area contributed by atoms with E-state index in [1.807, 2.05) is 34.7 Å². The van der Waals surface area contributed by atoms with Crippen molar-refractivity contribution in [2.45, 2.75) is 51.0 Å². The van der Waals surface area contributed by atoms with Gasteiger partial charge in [-0.05, 0) is 79.8 Å². The summed E-state index contributed by atoms with van der Waals surface area (Å²) >= 11 is 0. The Hall–Kier alpha value is -4.07. The van der Waals surface area contributed by atoms with Crippen LogP contribution in [0.15, 0.2) is 48.5 Å². The topological polar surface area (TPSA) is 77.3 Å². The number of aryl methyl sites for hydroxylation is 1. The molecule has 0 N–H and O–H groups in total. The highest BCUT2D eigenvalue weighted by Crippen LogP contribution is 2.44. The minimum Gasteiger partial charge on any atom is -0.423 e. The quantitative estimate of drug-likeness (QED) is 0.246. The summed E-state index contributed by atoms with van der Waals surface area (Å²) in [5.74, 6) is -0.676. The molecule has 3 heterocycles. The van der Waals surface area contributed by atoms with E-state index in [1.54, 1.807) is 12.1 Å². The Labute approximate surface area is 225 Å². The molecule has 2 aliphatic carbocycles. The first kappa shape index (κ1) is 24.0. The van der Waals surface area contributed by atoms with Crippen LogP contribution in [-0.4, -0.2) is 37.9 Å². The van der Waals surface area contributed by atoms with Gasteiger partial charge in [0.1, 0.15) is 11.5 Å². The molecule has 7 nitrogen and oxygen atoms in total. The third-order valence-electron chi connectivity index (χ3n) is 8.29. The monoisotopic (exact) mass is 524 g/mol. The normalized spacial score (nSPS) is 18.7. The summed E-state index contributed by atoms with van der Waals surface area (Å²) in [4.78, 5) is 37.3. The van der Waals surface area contributed by atoms with Crippen LogP contribution in [0.2, 0.25) is 0 Å². The third kappa shape index (κ3) is 4.09. The fraction of sp³-hybridized carbons (Fsp3) is 0.355. The Bertz CT molecular complexity index is 1650. The molecule has 0 saturated heterocycles. The Balaban J connectivity index is 1.28. The van der Waals surface area contributed by atoms with Crippen LogP contribution in [0.4, 0.5) is 4.39 Å². The molecule has 1 aliphatic heterocycles. The molecule has 8 heteroatoms. The van der Waals surface area contributed by atoms with Crippen LogP contribution in [0.25, 0.3) is 22.6 Å². The van der Waals surface area contributed by atoms with Gasteiger partial charge in [-0.15, -0.1) is 0 Å². The zero-order valence-electron chi connectivity index (χ0n) is 22.0. The Kier molecular flexibility index (Phi) is 5.54. The largest absolute Gasteiger partial charge is 0.423 e. The summed E-state index contributed by atoms with van der Waals surface area (Å²) in [6.45, 7) is 2.68. The molecule has 3 aliphatic rings. The molecule has 4 aromatic rings. The number of nitrogens with zero attached hydrogens (tertiary/aromatic N) is 4. The number of fused-ring (bicyclic) bond motifs is 2. The van der Waals surface area contributed by atoms with E-state index in [4.69, 9.17) is 14.7 Å². The van der Waals surface area contributed by atoms with Crippen LogP contribution in [0, 0.1) is 11.7 Å². The van der Waals surface area contributed by atoms with Crippen molar-refractivity contribution in [3.63, 3.8) is 0 Å². The minimum absolute atomic E-state index is 0.0567. The SMILES string of the molecule is C[C@@H]1c2ccccc2CCN1C(=O)c1cc(C2CC2)c2c(n1)nc(-c1cccc(OC(=O)C3CC3)c1F)n2C. The number of benzene rings is 2. The van der Waals surface area contributed by atoms with Crippen LogP contribution in [0.3, 0.4) is 0 Å². The molecule has 39 heavy (non-hydrogen) atoms. The van der Waals surface area contributed by atoms with Crippen molar-refractivity contribution in [3.05, 3.63) is 76.7 Å². The summed E-state index contributed by atoms with van der Waals surface area (Å²) < 4.78 is 22.8. The number of carbonyl (C=O) groups excluding carboxylic acids is 2. The summed E-state index contributed by atoms with van der Waals surface area (Å²) in [5.41, 5.74) is 5.29. The van der Waals surface area contributed by atoms with Gasteiger partial charge in [-0.25, -0.2) is 14.4 Å². The van der Waals surface area contributed by atoms with Crippen molar-refractivity contribution in [2.75, 3.05) is 6.54 Å². The third-order valence-corrected chi connectivity index (χ3v) is 8.29. The van der Waals surface area contributed by atoms with Crippen molar-refractivity contribution >= 4 is 23.0 Å². The van der Waals surface area contributed by atoms with Crippen molar-refractivity contribution in [1.82, 2.24) is 19.4 Å². The number of imidazole rings is 1. The molecule has 2 aromatic heterocycles. The summed E-state index contributed by atoms with van der Waals surface area (Å²) in [7, 11) is 1.84. The van der Waals surface area contributed by atoms with E-state index in [-0.39, 0.29) is 29.2 Å². The van der Waals surface area contributed by atoms with Gasteiger partial charge in [0.2, 0.25) is 0 Å². The average molecular weight is 525 g/mol. The molecule has 0 radical (unpaired) electrons. The smallest absolute Gasteiger partial charge is 0.314 e. The van der Waals surface area contributed by atoms with Gasteiger partial charge in [0.05, 0.1) is 23.0 Å². The van der Waals surface area contributed by atoms with Crippen LogP contribution >= 0.6 is 0 Å². The number of amides is 1. The van der Waals surface area contributed by atoms with E-state index < -0.39 is 11.8 Å². The van der Waals surface area contributed by atoms with E-state index in [0.717, 1.165) is 43.2 Å². The molecule has 2 fully saturated rings. The molecule has 0 bridgehead atoms. The van der Waals surface area contributed by atoms with Gasteiger partial charge in [-0.3, -0.25) is 9.59 Å². The number of aromatic nitrogens is 3. The Morgan fingerprint density at radius 3 is 2.56 bits per heavy atom. The predicted octanol–water partition coefficient (Wildman–Crippen LogP) is 5.73. The standard InChI is InChI=1S/C31H29FN4O3/c1-17-21-7-4-3-6-18(21)14-15-36(17)30(37)24-16-23(19-10-11-19)27-28(33-24)34-29(35(27)2)22-8-5-9-25(26(22)32)39-31(38)20-12-13-20/h3-9,16-17,19-20H,10-15H2,1-2H3/t17-/m1/s1. The number of halogens is 1. The van der Waals surface area contributed by atoms with E-state index in [0.29, 0.717) is 29.6 Å². The number of carbonyl (C=O) groups is 2. The lowest BCUT2D eigenvalue weighted by Crippen LogP contribution is -2.39. The maximum Gasteiger partial charge on any atom is 0.314 e. The lowest BCUT2D eigenvalue weighted by molar-refractivity contribution is -0.136. The average Bonchev–Trinajstić information content (AvgIpc) is 3.86. The lowest BCUT2D eigenvalue weighted by Gasteiger charge is -2.35. The fourth-order valence-electron chi connectivity index (χ4n) is 5.77. The van der Waals surface area contributed by atoms with Crippen LogP contribution < -0.4 is 4.74 Å². The molecule has 1 amide bonds. The molecule has 2 saturated carbocycles. The van der Waals surface area contributed by atoms with E-state index in [2.05, 4.69) is 19.1 Å². The number of rotatable bonds is 5. The summed E-state index contributed by atoms with van der Waals surface area (Å²) in [6.07, 6.45) is 4.43. The highest BCUT2D eigenvalue weighted by molar-refractivity contribution is 5.96. The van der Waals surface area contributed by atoms with Gasteiger partial charge >= 0.3 is 5.97 Å². The first-order valence-electron chi connectivity index (χ1n) is 13.7. The molecule has 0 unspecified atom stereocenters. The molecule has 0 spiro atoms. The van der Waals surface area contributed by atoms with Gasteiger partial charge in [-0.1, -0.05) is 30.3 Å². The maximum absolute atomic E-state index is 15.6. The zero-order chi connectivity index (χ0) is 26.8. The highest BCUT2D eigenvalue weighted by atomic mass is 19.1. The number of ether oxygens (including phenoxy) is 1. The Morgan fingerprint density at radius 1 is 1.00 bits per heavy atom. The van der Waals surface area contributed by atoms with Gasteiger partial charge in [-0.2, -0.15) is 0 Å².